The first-order valence-electron chi connectivity index (χ1n) is 22.6. The zero-order valence-corrected chi connectivity index (χ0v) is 39.7. The van der Waals surface area contributed by atoms with Crippen molar-refractivity contribution in [2.45, 2.75) is 25.9 Å². The zero-order chi connectivity index (χ0) is 47.4. The van der Waals surface area contributed by atoms with E-state index >= 15 is 0 Å². The van der Waals surface area contributed by atoms with Crippen LogP contribution in [0.2, 0.25) is 0 Å². The van der Waals surface area contributed by atoms with E-state index in [-0.39, 0.29) is 50.1 Å². The number of nitrogens with two attached hydrogens (primary N) is 1. The number of aliphatic hydroxyl groups is 2. The van der Waals surface area contributed by atoms with Crippen molar-refractivity contribution in [2.24, 2.45) is 5.73 Å². The third-order valence-corrected chi connectivity index (χ3v) is 15.2. The molecule has 16 nitrogen and oxygen atoms in total. The molecule has 66 heavy (non-hydrogen) atoms. The fourth-order valence-corrected chi connectivity index (χ4v) is 10.8. The first kappa shape index (κ1) is 52.2. The fourth-order valence-electron chi connectivity index (χ4n) is 7.77. The van der Waals surface area contributed by atoms with Crippen LogP contribution < -0.4 is 14.3 Å². The Bertz CT molecular complexity index is 2110. The lowest BCUT2D eigenvalue weighted by atomic mass is 10.1. The Kier molecular flexibility index (Phi) is 21.0. The van der Waals surface area contributed by atoms with Crippen molar-refractivity contribution < 1.29 is 41.4 Å². The van der Waals surface area contributed by atoms with Crippen molar-refractivity contribution in [2.75, 3.05) is 126 Å². The molecule has 2 aliphatic rings. The van der Waals surface area contributed by atoms with Crippen LogP contribution in [0.5, 0.6) is 0 Å². The van der Waals surface area contributed by atoms with E-state index in [4.69, 9.17) is 20.7 Å². The van der Waals surface area contributed by atoms with Gasteiger partial charge >= 0.3 is 5.97 Å². The maximum Gasteiger partial charge on any atom is 0.337 e. The highest BCUT2D eigenvalue weighted by molar-refractivity contribution is 7.93. The maximum absolute atomic E-state index is 13.4. The Labute approximate surface area is 391 Å². The number of carbonyl (C=O) groups is 2. The summed E-state index contributed by atoms with van der Waals surface area (Å²) in [6, 6.07) is 31.9. The van der Waals surface area contributed by atoms with Crippen molar-refractivity contribution in [3.63, 3.8) is 0 Å². The van der Waals surface area contributed by atoms with Crippen molar-refractivity contribution in [3.8, 4) is 0 Å². The lowest BCUT2D eigenvalue weighted by Gasteiger charge is -2.35. The van der Waals surface area contributed by atoms with Gasteiger partial charge in [0.1, 0.15) is 0 Å². The molecule has 6 rings (SSSR count). The monoisotopic (exact) mass is 949 g/mol. The molecule has 18 heteroatoms. The van der Waals surface area contributed by atoms with Crippen LogP contribution in [0.3, 0.4) is 0 Å². The van der Waals surface area contributed by atoms with E-state index in [9.17, 15) is 26.4 Å². The molecule has 0 unspecified atom stereocenters. The van der Waals surface area contributed by atoms with E-state index in [2.05, 4.69) is 19.6 Å². The molecule has 2 saturated heterocycles. The molecule has 4 aromatic rings. The lowest BCUT2D eigenvalue weighted by Crippen LogP contribution is -2.48. The highest BCUT2D eigenvalue weighted by Crippen LogP contribution is 2.24. The summed E-state index contributed by atoms with van der Waals surface area (Å²) >= 11 is 0. The Balaban J connectivity index is 0.000000247. The third kappa shape index (κ3) is 16.2. The van der Waals surface area contributed by atoms with Crippen molar-refractivity contribution in [3.05, 3.63) is 131 Å². The number of aliphatic hydroxyl groups excluding tert-OH is 2. The highest BCUT2D eigenvalue weighted by Gasteiger charge is 2.27. The van der Waals surface area contributed by atoms with Crippen molar-refractivity contribution in [1.29, 1.82) is 0 Å². The number of carbonyl (C=O) groups excluding carboxylic acids is 2. The summed E-state index contributed by atoms with van der Waals surface area (Å²) in [4.78, 5) is 32.4. The molecule has 4 aromatic carbocycles. The second-order valence-electron chi connectivity index (χ2n) is 16.4. The van der Waals surface area contributed by atoms with Crippen LogP contribution in [-0.2, 0) is 37.9 Å². The Morgan fingerprint density at radius 2 is 0.894 bits per heavy atom. The summed E-state index contributed by atoms with van der Waals surface area (Å²) in [5, 5.41) is 18.0. The zero-order valence-electron chi connectivity index (χ0n) is 38.1. The smallest absolute Gasteiger partial charge is 0.337 e. The van der Waals surface area contributed by atoms with Crippen molar-refractivity contribution in [1.82, 2.24) is 19.6 Å². The van der Waals surface area contributed by atoms with Gasteiger partial charge in [0, 0.05) is 97.3 Å². The number of Topliss-reactive ketones (excluding diaryl/α,β-unsaturated/α-hetero) is 1. The van der Waals surface area contributed by atoms with Gasteiger partial charge in [0.25, 0.3) is 0 Å². The highest BCUT2D eigenvalue weighted by atomic mass is 32.2. The van der Waals surface area contributed by atoms with Gasteiger partial charge in [-0.2, -0.15) is 0 Å². The van der Waals surface area contributed by atoms with E-state index < -0.39 is 26.0 Å². The summed E-state index contributed by atoms with van der Waals surface area (Å²) in [5.41, 5.74) is 9.19. The molecule has 0 bridgehead atoms. The van der Waals surface area contributed by atoms with Gasteiger partial charge < -0.3 is 30.5 Å². The topological polar surface area (TPSA) is 198 Å². The number of para-hydroxylation sites is 2. The van der Waals surface area contributed by atoms with Gasteiger partial charge in [-0.25, -0.2) is 21.6 Å². The molecule has 0 atom stereocenters. The molecule has 2 aliphatic heterocycles. The predicted molar refractivity (Wildman–Crippen MR) is 260 cm³/mol. The molecule has 2 fully saturated rings. The maximum atomic E-state index is 13.4. The fraction of sp³-hybridized carbons (Fsp3) is 0.458. The second-order valence-corrected chi connectivity index (χ2v) is 20.4. The van der Waals surface area contributed by atoms with E-state index in [0.29, 0.717) is 35.6 Å². The molecule has 0 aliphatic carbocycles. The van der Waals surface area contributed by atoms with E-state index in [1.165, 1.54) is 15.7 Å². The minimum absolute atomic E-state index is 0.0266. The number of ether oxygens (including phenoxy) is 1. The van der Waals surface area contributed by atoms with Crippen LogP contribution in [0, 0.1) is 0 Å². The van der Waals surface area contributed by atoms with Crippen LogP contribution in [0.1, 0.15) is 44.7 Å². The summed E-state index contributed by atoms with van der Waals surface area (Å²) in [6.45, 7) is 10.2. The van der Waals surface area contributed by atoms with Gasteiger partial charge in [0.2, 0.25) is 20.0 Å². The molecule has 0 aromatic heterocycles. The summed E-state index contributed by atoms with van der Waals surface area (Å²) in [5.74, 6) is -0.516. The van der Waals surface area contributed by atoms with E-state index in [1.807, 2.05) is 36.4 Å². The Morgan fingerprint density at radius 1 is 0.545 bits per heavy atom. The average Bonchev–Trinajstić information content (AvgIpc) is 3.35. The number of methoxy groups -OCH3 is 1. The molecular formula is C48H67N7O9S2. The Hall–Kier alpha value is -4.76. The van der Waals surface area contributed by atoms with Gasteiger partial charge in [-0.1, -0.05) is 72.8 Å². The van der Waals surface area contributed by atoms with E-state index in [0.717, 1.165) is 89.4 Å². The van der Waals surface area contributed by atoms with Crippen LogP contribution in [0.25, 0.3) is 0 Å². The van der Waals surface area contributed by atoms with Gasteiger partial charge in [-0.3, -0.25) is 23.2 Å². The standard InChI is InChI=1S/C24H34N4O4S.C24H33N3O5S/c25-19-24(30)22-9-7-21(8-10-22)20-28(23-5-2-1-3-6-23)33(31,32)18-16-27-14-12-26(13-15-27)11-4-17-29;1-32-24(29)22-10-8-21(9-11-22)20-27(23-6-3-2-4-7-23)33(30,31)19-17-26-15-13-25(14-16-26)12-5-18-28/h1-3,5-10,29H,4,11-20,25H2;2-4,6-11,28H,5,12-20H2,1H3. The number of nitrogens with zero attached hydrogens (tertiary/aromatic N) is 6. The lowest BCUT2D eigenvalue weighted by molar-refractivity contribution is 0.0600. The largest absolute Gasteiger partial charge is 0.465 e. The number of benzene rings is 4. The van der Waals surface area contributed by atoms with Gasteiger partial charge in [-0.05, 0) is 60.4 Å². The number of esters is 1. The van der Waals surface area contributed by atoms with Crippen LogP contribution in [0.15, 0.2) is 109 Å². The molecule has 0 radical (unpaired) electrons. The number of hydrogen-bond donors (Lipinski definition) is 3. The average molecular weight is 950 g/mol. The number of hydrogen-bond acceptors (Lipinski definition) is 14. The molecule has 0 saturated carbocycles. The normalized spacial score (nSPS) is 15.4. The molecule has 4 N–H and O–H groups in total. The first-order valence-corrected chi connectivity index (χ1v) is 25.8. The number of ketones is 1. The third-order valence-electron chi connectivity index (χ3n) is 11.8. The Morgan fingerprint density at radius 3 is 1.23 bits per heavy atom. The molecule has 2 heterocycles. The number of sulfonamides is 2. The van der Waals surface area contributed by atoms with Crippen molar-refractivity contribution >= 4 is 43.2 Å². The molecule has 0 amide bonds. The van der Waals surface area contributed by atoms with Gasteiger partial charge in [-0.15, -0.1) is 0 Å². The predicted octanol–water partition coefficient (Wildman–Crippen LogP) is 2.97. The second kappa shape index (κ2) is 26.5. The van der Waals surface area contributed by atoms with Gasteiger partial charge in [0.15, 0.2) is 5.78 Å². The minimum atomic E-state index is -3.58. The van der Waals surface area contributed by atoms with E-state index in [1.54, 1.807) is 72.8 Å². The summed E-state index contributed by atoms with van der Waals surface area (Å²) in [6.07, 6.45) is 1.53. The van der Waals surface area contributed by atoms with Crippen LogP contribution >= 0.6 is 0 Å². The quantitative estimate of drug-likeness (QED) is 0.0725. The number of rotatable bonds is 23. The van der Waals surface area contributed by atoms with Gasteiger partial charge in [0.05, 0.1) is 55.2 Å². The number of anilines is 2. The molecule has 0 spiro atoms. The van der Waals surface area contributed by atoms with Crippen LogP contribution in [-0.4, -0.2) is 175 Å². The summed E-state index contributed by atoms with van der Waals surface area (Å²) < 4.78 is 61.2. The first-order chi connectivity index (χ1) is 31.8. The van der Waals surface area contributed by atoms with Crippen LogP contribution in [0.4, 0.5) is 11.4 Å². The summed E-state index contributed by atoms with van der Waals surface area (Å²) in [7, 11) is -5.82. The molecular weight excluding hydrogens is 883 g/mol. The SMILES string of the molecule is COC(=O)c1ccc(CN(c2ccccc2)S(=O)(=O)CCN2CCN(CCCO)CC2)cc1.NCC(=O)c1ccc(CN(c2ccccc2)S(=O)(=O)CCN2CCN(CCCO)CC2)cc1. The molecule has 360 valence electrons. The minimum Gasteiger partial charge on any atom is -0.465 e. The number of piperazine rings is 2.